The Balaban J connectivity index is 1.92. The number of amides is 2. The zero-order valence-corrected chi connectivity index (χ0v) is 17.5. The molecule has 2 aliphatic heterocycles. The second kappa shape index (κ2) is 9.78. The minimum absolute atomic E-state index is 0.0746. The average Bonchev–Trinajstić information content (AvgIpc) is 2.68. The number of hydrogen-bond acceptors (Lipinski definition) is 5. The van der Waals surface area contributed by atoms with E-state index in [1.54, 1.807) is 6.92 Å². The van der Waals surface area contributed by atoms with Crippen molar-refractivity contribution in [1.29, 1.82) is 0 Å². The Kier molecular flexibility index (Phi) is 7.14. The molecule has 7 heteroatoms. The molecule has 158 valence electrons. The van der Waals surface area contributed by atoms with E-state index in [1.165, 1.54) is 6.42 Å². The summed E-state index contributed by atoms with van der Waals surface area (Å²) < 4.78 is 11.0. The maximum absolute atomic E-state index is 12.8. The molecular weight excluding hydrogens is 370 g/mol. The summed E-state index contributed by atoms with van der Waals surface area (Å²) in [6.45, 7) is 8.47. The molecule has 2 N–H and O–H groups in total. The highest BCUT2D eigenvalue weighted by atomic mass is 16.5. The lowest BCUT2D eigenvalue weighted by Crippen LogP contribution is -2.49. The Morgan fingerprint density at radius 3 is 2.48 bits per heavy atom. The smallest absolute Gasteiger partial charge is 0.338 e. The molecule has 2 amide bonds. The molecule has 1 fully saturated rings. The molecule has 3 rings (SSSR count). The largest absolute Gasteiger partial charge is 0.491 e. The molecule has 2 heterocycles. The van der Waals surface area contributed by atoms with Crippen molar-refractivity contribution in [2.24, 2.45) is 0 Å². The molecule has 29 heavy (non-hydrogen) atoms. The van der Waals surface area contributed by atoms with E-state index in [4.69, 9.17) is 9.47 Å². The first-order chi connectivity index (χ1) is 14.0. The van der Waals surface area contributed by atoms with E-state index in [2.05, 4.69) is 15.5 Å². The molecule has 0 aliphatic carbocycles. The quantitative estimate of drug-likeness (QED) is 0.686. The van der Waals surface area contributed by atoms with Crippen LogP contribution in [-0.4, -0.2) is 49.2 Å². The van der Waals surface area contributed by atoms with E-state index in [1.807, 2.05) is 38.1 Å². The third-order valence-corrected chi connectivity index (χ3v) is 5.06. The lowest BCUT2D eigenvalue weighted by Gasteiger charge is -2.33. The highest BCUT2D eigenvalue weighted by Gasteiger charge is 2.34. The summed E-state index contributed by atoms with van der Waals surface area (Å²) >= 11 is 0. The van der Waals surface area contributed by atoms with Gasteiger partial charge in [0, 0.05) is 12.2 Å². The van der Waals surface area contributed by atoms with Gasteiger partial charge < -0.3 is 20.1 Å². The van der Waals surface area contributed by atoms with Crippen LogP contribution in [0.15, 0.2) is 35.5 Å². The average molecular weight is 402 g/mol. The Bertz CT molecular complexity index is 752. The number of esters is 1. The van der Waals surface area contributed by atoms with Crippen LogP contribution >= 0.6 is 0 Å². The van der Waals surface area contributed by atoms with Crippen LogP contribution in [0.4, 0.5) is 4.79 Å². The summed E-state index contributed by atoms with van der Waals surface area (Å²) in [6, 6.07) is 6.61. The molecule has 1 unspecified atom stereocenters. The first-order valence-electron chi connectivity index (χ1n) is 10.4. The van der Waals surface area contributed by atoms with Gasteiger partial charge in [-0.1, -0.05) is 18.6 Å². The van der Waals surface area contributed by atoms with Crippen molar-refractivity contribution in [3.63, 3.8) is 0 Å². The van der Waals surface area contributed by atoms with Gasteiger partial charge in [-0.05, 0) is 64.4 Å². The van der Waals surface area contributed by atoms with E-state index in [0.717, 1.165) is 37.2 Å². The number of rotatable bonds is 7. The van der Waals surface area contributed by atoms with Crippen LogP contribution in [0.5, 0.6) is 5.75 Å². The van der Waals surface area contributed by atoms with Crippen LogP contribution in [0.3, 0.4) is 0 Å². The van der Waals surface area contributed by atoms with Crippen molar-refractivity contribution in [2.45, 2.75) is 52.2 Å². The molecule has 1 atom stereocenters. The zero-order valence-electron chi connectivity index (χ0n) is 17.5. The number of piperidine rings is 1. The van der Waals surface area contributed by atoms with Crippen molar-refractivity contribution >= 4 is 12.0 Å². The number of carbonyl (C=O) groups excluding carboxylic acids is 2. The van der Waals surface area contributed by atoms with Crippen molar-refractivity contribution < 1.29 is 19.1 Å². The van der Waals surface area contributed by atoms with Crippen LogP contribution in [0.25, 0.3) is 0 Å². The molecule has 1 aromatic carbocycles. The number of carbonyl (C=O) groups is 2. The maximum atomic E-state index is 12.8. The van der Waals surface area contributed by atoms with Crippen LogP contribution in [0.2, 0.25) is 0 Å². The number of nitrogens with one attached hydrogen (secondary N) is 2. The monoisotopic (exact) mass is 401 g/mol. The Morgan fingerprint density at radius 2 is 1.86 bits per heavy atom. The first-order valence-corrected chi connectivity index (χ1v) is 10.4. The number of benzene rings is 1. The van der Waals surface area contributed by atoms with Gasteiger partial charge in [0.1, 0.15) is 5.75 Å². The molecule has 2 aliphatic rings. The summed E-state index contributed by atoms with van der Waals surface area (Å²) in [5, 5.41) is 5.73. The summed E-state index contributed by atoms with van der Waals surface area (Å²) in [4.78, 5) is 27.5. The number of hydrogen-bond donors (Lipinski definition) is 2. The van der Waals surface area contributed by atoms with E-state index in [0.29, 0.717) is 17.8 Å². The standard InChI is InChI=1S/C22H31N3O4/c1-4-28-21(26)19-18(14-25-12-6-5-7-13-25)23-22(27)24-20(19)16-8-10-17(11-9-16)29-15(2)3/h8-11,15,20H,4-7,12-14H2,1-3H3,(H2,23,24,27). The molecule has 0 saturated carbocycles. The minimum atomic E-state index is -0.560. The van der Waals surface area contributed by atoms with Gasteiger partial charge in [0.25, 0.3) is 0 Å². The van der Waals surface area contributed by atoms with Gasteiger partial charge in [-0.2, -0.15) is 0 Å². The van der Waals surface area contributed by atoms with Gasteiger partial charge in [-0.25, -0.2) is 9.59 Å². The van der Waals surface area contributed by atoms with Crippen LogP contribution in [0.1, 0.15) is 51.6 Å². The second-order valence-electron chi connectivity index (χ2n) is 7.72. The third-order valence-electron chi connectivity index (χ3n) is 5.06. The SMILES string of the molecule is CCOC(=O)C1=C(CN2CCCCC2)NC(=O)NC1c1ccc(OC(C)C)cc1. The number of ether oxygens (including phenoxy) is 2. The predicted molar refractivity (Wildman–Crippen MR) is 111 cm³/mol. The topological polar surface area (TPSA) is 79.9 Å². The minimum Gasteiger partial charge on any atom is -0.491 e. The fourth-order valence-electron chi connectivity index (χ4n) is 3.79. The second-order valence-corrected chi connectivity index (χ2v) is 7.72. The molecule has 0 bridgehead atoms. The molecule has 7 nitrogen and oxygen atoms in total. The van der Waals surface area contributed by atoms with Crippen molar-refractivity contribution in [2.75, 3.05) is 26.2 Å². The van der Waals surface area contributed by atoms with Gasteiger partial charge in [-0.3, -0.25) is 4.90 Å². The number of nitrogens with zero attached hydrogens (tertiary/aromatic N) is 1. The van der Waals surface area contributed by atoms with Crippen molar-refractivity contribution in [1.82, 2.24) is 15.5 Å². The first kappa shape index (κ1) is 21.2. The van der Waals surface area contributed by atoms with Gasteiger partial charge in [0.2, 0.25) is 0 Å². The Morgan fingerprint density at radius 1 is 1.17 bits per heavy atom. The Labute approximate surface area is 172 Å². The van der Waals surface area contributed by atoms with Crippen LogP contribution in [-0.2, 0) is 9.53 Å². The van der Waals surface area contributed by atoms with Gasteiger partial charge in [0.05, 0.1) is 24.3 Å². The highest BCUT2D eigenvalue weighted by molar-refractivity contribution is 5.95. The van der Waals surface area contributed by atoms with Crippen molar-refractivity contribution in [3.05, 3.63) is 41.1 Å². The molecule has 0 radical (unpaired) electrons. The van der Waals surface area contributed by atoms with Gasteiger partial charge >= 0.3 is 12.0 Å². The van der Waals surface area contributed by atoms with E-state index < -0.39 is 12.0 Å². The summed E-state index contributed by atoms with van der Waals surface area (Å²) in [5.41, 5.74) is 1.91. The highest BCUT2D eigenvalue weighted by Crippen LogP contribution is 2.30. The fraction of sp³-hybridized carbons (Fsp3) is 0.545. The summed E-state index contributed by atoms with van der Waals surface area (Å²) in [6.07, 6.45) is 3.57. The summed E-state index contributed by atoms with van der Waals surface area (Å²) in [5.74, 6) is 0.346. The molecule has 0 aromatic heterocycles. The molecule has 1 aromatic rings. The molecular formula is C22H31N3O4. The summed E-state index contributed by atoms with van der Waals surface area (Å²) in [7, 11) is 0. The van der Waals surface area contributed by atoms with E-state index in [-0.39, 0.29) is 18.7 Å². The van der Waals surface area contributed by atoms with Crippen LogP contribution in [0, 0.1) is 0 Å². The van der Waals surface area contributed by atoms with E-state index >= 15 is 0 Å². The molecule has 0 spiro atoms. The fourth-order valence-corrected chi connectivity index (χ4v) is 3.79. The lowest BCUT2D eigenvalue weighted by atomic mass is 9.94. The normalized spacial score (nSPS) is 20.3. The maximum Gasteiger partial charge on any atom is 0.338 e. The molecule has 1 saturated heterocycles. The number of likely N-dealkylation sites (tertiary alicyclic amines) is 1. The predicted octanol–water partition coefficient (Wildman–Crippen LogP) is 3.13. The van der Waals surface area contributed by atoms with Gasteiger partial charge in [0.15, 0.2) is 0 Å². The third kappa shape index (κ3) is 5.50. The lowest BCUT2D eigenvalue weighted by molar-refractivity contribution is -0.139. The number of urea groups is 1. The Hall–Kier alpha value is -2.54. The zero-order chi connectivity index (χ0) is 20.8. The van der Waals surface area contributed by atoms with E-state index in [9.17, 15) is 9.59 Å². The van der Waals surface area contributed by atoms with Crippen molar-refractivity contribution in [3.8, 4) is 5.75 Å². The van der Waals surface area contributed by atoms with Gasteiger partial charge in [-0.15, -0.1) is 0 Å². The van der Waals surface area contributed by atoms with Crippen LogP contribution < -0.4 is 15.4 Å².